The van der Waals surface area contributed by atoms with Crippen molar-refractivity contribution in [3.63, 3.8) is 0 Å². The highest BCUT2D eigenvalue weighted by atomic mass is 16.3. The topological polar surface area (TPSA) is 13.1 Å². The van der Waals surface area contributed by atoms with Gasteiger partial charge in [-0.25, -0.2) is 0 Å². The maximum absolute atomic E-state index is 6.80. The van der Waals surface area contributed by atoms with E-state index in [1.165, 1.54) is 65.7 Å². The van der Waals surface area contributed by atoms with Crippen molar-refractivity contribution in [3.05, 3.63) is 206 Å². The third-order valence-corrected chi connectivity index (χ3v) is 11.2. The van der Waals surface area contributed by atoms with Crippen LogP contribution in [0.25, 0.3) is 110 Å². The van der Waals surface area contributed by atoms with Crippen LogP contribution in [-0.4, -0.2) is 0 Å². The molecule has 11 aromatic rings. The minimum absolute atomic E-state index is 0.874. The third-order valence-electron chi connectivity index (χ3n) is 11.2. The van der Waals surface area contributed by atoms with Crippen molar-refractivity contribution in [2.75, 3.05) is 0 Å². The van der Waals surface area contributed by atoms with E-state index in [1.54, 1.807) is 0 Å². The zero-order valence-electron chi connectivity index (χ0n) is 30.0. The van der Waals surface area contributed by atoms with Crippen molar-refractivity contribution in [2.24, 2.45) is 0 Å². The number of hydrogen-bond donors (Lipinski definition) is 0. The lowest BCUT2D eigenvalue weighted by Gasteiger charge is -2.17. The second-order valence-corrected chi connectivity index (χ2v) is 14.4. The van der Waals surface area contributed by atoms with Gasteiger partial charge in [-0.2, -0.15) is 0 Å². The Morgan fingerprint density at radius 1 is 0.273 bits per heavy atom. The van der Waals surface area contributed by atoms with Gasteiger partial charge in [-0.3, -0.25) is 0 Å². The van der Waals surface area contributed by atoms with Crippen molar-refractivity contribution in [1.82, 2.24) is 0 Å². The van der Waals surface area contributed by atoms with Crippen LogP contribution in [0.2, 0.25) is 0 Å². The van der Waals surface area contributed by atoms with E-state index in [0.29, 0.717) is 0 Å². The van der Waals surface area contributed by atoms with Crippen LogP contribution in [0.15, 0.2) is 211 Å². The SMILES string of the molecule is c1ccc(-c2cc(-c3ccc4c(-c5ccccc5)c(-c5ccccc5)oc4c3)cc(-c3ccc4ccc5c(-c6ccccc6)ccc6ccc3c4c65)c2)cc1. The standard InChI is InChI=1S/C54H34O/c1-5-13-35(14-6-1)42-31-43(41-25-30-49-50(34-41)55-54(40-19-11-4-12-20-40)53(49)37-17-9-3-10-18-37)33-44(32-42)46-27-22-39-23-28-47-45(36-15-7-2-8-16-36)26-21-38-24-29-48(46)52(39)51(38)47/h1-34H. The number of benzene rings is 10. The van der Waals surface area contributed by atoms with Crippen LogP contribution < -0.4 is 0 Å². The van der Waals surface area contributed by atoms with Crippen molar-refractivity contribution in [2.45, 2.75) is 0 Å². The van der Waals surface area contributed by atoms with Gasteiger partial charge >= 0.3 is 0 Å². The Morgan fingerprint density at radius 2 is 0.727 bits per heavy atom. The molecule has 1 heteroatoms. The normalized spacial score (nSPS) is 11.6. The van der Waals surface area contributed by atoms with Crippen molar-refractivity contribution < 1.29 is 4.42 Å². The van der Waals surface area contributed by atoms with E-state index in [0.717, 1.165) is 44.5 Å². The summed E-state index contributed by atoms with van der Waals surface area (Å²) >= 11 is 0. The van der Waals surface area contributed by atoms with Gasteiger partial charge in [-0.05, 0) is 113 Å². The molecule has 0 aliphatic heterocycles. The predicted octanol–water partition coefficient (Wildman–Crippen LogP) is 15.3. The average Bonchev–Trinajstić information content (AvgIpc) is 3.65. The van der Waals surface area contributed by atoms with Gasteiger partial charge in [-0.15, -0.1) is 0 Å². The van der Waals surface area contributed by atoms with Gasteiger partial charge in [0.25, 0.3) is 0 Å². The summed E-state index contributed by atoms with van der Waals surface area (Å²) in [5.74, 6) is 0.891. The summed E-state index contributed by atoms with van der Waals surface area (Å²) in [7, 11) is 0. The second-order valence-electron chi connectivity index (χ2n) is 14.4. The van der Waals surface area contributed by atoms with E-state index >= 15 is 0 Å². The minimum atomic E-state index is 0.874. The number of hydrogen-bond acceptors (Lipinski definition) is 1. The maximum atomic E-state index is 6.80. The summed E-state index contributed by atoms with van der Waals surface area (Å²) in [6.45, 7) is 0. The Morgan fingerprint density at radius 3 is 1.33 bits per heavy atom. The van der Waals surface area contributed by atoms with Gasteiger partial charge < -0.3 is 4.42 Å². The molecule has 0 N–H and O–H groups in total. The maximum Gasteiger partial charge on any atom is 0.143 e. The molecule has 10 aromatic carbocycles. The van der Waals surface area contributed by atoms with Crippen molar-refractivity contribution >= 4 is 43.3 Å². The molecule has 0 saturated heterocycles. The van der Waals surface area contributed by atoms with E-state index in [4.69, 9.17) is 4.42 Å². The molecule has 55 heavy (non-hydrogen) atoms. The Balaban J connectivity index is 1.12. The predicted molar refractivity (Wildman–Crippen MR) is 233 cm³/mol. The van der Waals surface area contributed by atoms with Gasteiger partial charge in [0, 0.05) is 16.5 Å². The molecule has 0 aliphatic rings. The minimum Gasteiger partial charge on any atom is -0.455 e. The first-order valence-electron chi connectivity index (χ1n) is 18.9. The fourth-order valence-corrected chi connectivity index (χ4v) is 8.63. The molecule has 0 aliphatic carbocycles. The smallest absolute Gasteiger partial charge is 0.143 e. The highest BCUT2D eigenvalue weighted by Gasteiger charge is 2.20. The van der Waals surface area contributed by atoms with Crippen molar-refractivity contribution in [1.29, 1.82) is 0 Å². The Bertz CT molecular complexity index is 3160. The summed E-state index contributed by atoms with van der Waals surface area (Å²) < 4.78 is 6.80. The lowest BCUT2D eigenvalue weighted by atomic mass is 9.86. The van der Waals surface area contributed by atoms with Gasteiger partial charge in [0.05, 0.1) is 0 Å². The first-order valence-corrected chi connectivity index (χ1v) is 18.9. The Kier molecular flexibility index (Phi) is 7.25. The quantitative estimate of drug-likeness (QED) is 0.158. The second kappa shape index (κ2) is 12.7. The fourth-order valence-electron chi connectivity index (χ4n) is 8.63. The number of fused-ring (bicyclic) bond motifs is 1. The van der Waals surface area contributed by atoms with Crippen LogP contribution in [-0.2, 0) is 0 Å². The lowest BCUT2D eigenvalue weighted by molar-refractivity contribution is 0.632. The molecule has 0 radical (unpaired) electrons. The van der Waals surface area contributed by atoms with Crippen LogP contribution >= 0.6 is 0 Å². The van der Waals surface area contributed by atoms with Crippen LogP contribution in [0.3, 0.4) is 0 Å². The molecule has 1 aromatic heterocycles. The lowest BCUT2D eigenvalue weighted by Crippen LogP contribution is -1.91. The average molecular weight is 699 g/mol. The summed E-state index contributed by atoms with van der Waals surface area (Å²) in [5.41, 5.74) is 13.8. The first kappa shape index (κ1) is 31.3. The molecule has 0 bridgehead atoms. The summed E-state index contributed by atoms with van der Waals surface area (Å²) in [4.78, 5) is 0. The monoisotopic (exact) mass is 698 g/mol. The third kappa shape index (κ3) is 5.24. The number of rotatable bonds is 6. The van der Waals surface area contributed by atoms with Gasteiger partial charge in [0.1, 0.15) is 11.3 Å². The van der Waals surface area contributed by atoms with Gasteiger partial charge in [0.15, 0.2) is 0 Å². The molecular formula is C54H34O. The molecular weight excluding hydrogens is 665 g/mol. The molecule has 0 spiro atoms. The van der Waals surface area contributed by atoms with Crippen LogP contribution in [0.4, 0.5) is 0 Å². The van der Waals surface area contributed by atoms with E-state index in [-0.39, 0.29) is 0 Å². The fraction of sp³-hybridized carbons (Fsp3) is 0. The molecule has 11 rings (SSSR count). The summed E-state index contributed by atoms with van der Waals surface area (Å²) in [5, 5.41) is 8.82. The van der Waals surface area contributed by atoms with Crippen LogP contribution in [0.1, 0.15) is 0 Å². The van der Waals surface area contributed by atoms with E-state index in [1.807, 2.05) is 6.07 Å². The summed E-state index contributed by atoms with van der Waals surface area (Å²) in [6, 6.07) is 74.6. The molecule has 0 saturated carbocycles. The molecule has 256 valence electrons. The molecule has 0 fully saturated rings. The van der Waals surface area contributed by atoms with Crippen LogP contribution in [0.5, 0.6) is 0 Å². The molecule has 0 unspecified atom stereocenters. The highest BCUT2D eigenvalue weighted by molar-refractivity contribution is 6.27. The molecule has 1 heterocycles. The van der Waals surface area contributed by atoms with Gasteiger partial charge in [0.2, 0.25) is 0 Å². The summed E-state index contributed by atoms with van der Waals surface area (Å²) in [6.07, 6.45) is 0. The Hall–Kier alpha value is -7.22. The van der Waals surface area contributed by atoms with E-state index in [9.17, 15) is 0 Å². The van der Waals surface area contributed by atoms with Gasteiger partial charge in [-0.1, -0.05) is 176 Å². The first-order chi connectivity index (χ1) is 27.3. The molecule has 0 amide bonds. The van der Waals surface area contributed by atoms with E-state index in [2.05, 4.69) is 200 Å². The van der Waals surface area contributed by atoms with Crippen molar-refractivity contribution in [3.8, 4) is 67.0 Å². The zero-order chi connectivity index (χ0) is 36.3. The van der Waals surface area contributed by atoms with Crippen LogP contribution in [0, 0.1) is 0 Å². The van der Waals surface area contributed by atoms with E-state index < -0.39 is 0 Å². The number of furan rings is 1. The largest absolute Gasteiger partial charge is 0.455 e. The Labute approximate surface area is 319 Å². The molecule has 1 nitrogen and oxygen atoms in total. The zero-order valence-corrected chi connectivity index (χ0v) is 30.0. The highest BCUT2D eigenvalue weighted by Crippen LogP contribution is 2.45. The molecule has 0 atom stereocenters.